The second-order valence-electron chi connectivity index (χ2n) is 11.4. The predicted molar refractivity (Wildman–Crippen MR) is 136 cm³/mol. The van der Waals surface area contributed by atoms with E-state index in [1.165, 1.54) is 13.8 Å². The number of fused-ring (bicyclic) bond motifs is 4. The monoisotopic (exact) mass is 523 g/mol. The standard InChI is InChI=1S/C29H33NO8/c1-16(31)35-15-28(4)21-8-11-29(5)25(27(21,3)10-9-22(28)36-17(2)32)24(33)23-20(38-29)13-19(37-26(23)34)18-7-6-12-30-14-18/h6-8,11-14,21-22,24-25,33H,9-10,15H2,1-5H3/t21?,22-,24-,25?,27-,28?,29+/m0/s1. The van der Waals surface area contributed by atoms with Crippen molar-refractivity contribution in [3.63, 3.8) is 0 Å². The topological polar surface area (TPSA) is 125 Å². The molecule has 3 aliphatic rings. The van der Waals surface area contributed by atoms with Crippen molar-refractivity contribution in [2.24, 2.45) is 22.7 Å². The summed E-state index contributed by atoms with van der Waals surface area (Å²) in [6, 6.07) is 5.15. The molecule has 7 atom stereocenters. The molecule has 0 bridgehead atoms. The van der Waals surface area contributed by atoms with Gasteiger partial charge in [-0.2, -0.15) is 0 Å². The van der Waals surface area contributed by atoms with Crippen LogP contribution in [-0.2, 0) is 19.1 Å². The number of ether oxygens (including phenoxy) is 3. The molecular formula is C29H33NO8. The number of esters is 2. The molecule has 2 aromatic rings. The summed E-state index contributed by atoms with van der Waals surface area (Å²) in [5.41, 5.74) is -2.26. The Morgan fingerprint density at radius 3 is 2.63 bits per heavy atom. The molecule has 202 valence electrons. The zero-order valence-electron chi connectivity index (χ0n) is 22.2. The number of pyridine rings is 1. The van der Waals surface area contributed by atoms with Gasteiger partial charge in [0.25, 0.3) is 0 Å². The highest BCUT2D eigenvalue weighted by Gasteiger charge is 2.65. The van der Waals surface area contributed by atoms with Crippen LogP contribution in [-0.4, -0.2) is 40.3 Å². The van der Waals surface area contributed by atoms with Crippen LogP contribution in [0.25, 0.3) is 11.3 Å². The zero-order chi connectivity index (χ0) is 27.5. The van der Waals surface area contributed by atoms with Gasteiger partial charge >= 0.3 is 17.6 Å². The van der Waals surface area contributed by atoms with E-state index >= 15 is 0 Å². The lowest BCUT2D eigenvalue weighted by molar-refractivity contribution is -0.205. The maximum absolute atomic E-state index is 13.2. The molecule has 3 unspecified atom stereocenters. The molecule has 0 aromatic carbocycles. The predicted octanol–water partition coefficient (Wildman–Crippen LogP) is 3.99. The van der Waals surface area contributed by atoms with Crippen molar-refractivity contribution in [1.82, 2.24) is 4.98 Å². The molecule has 0 radical (unpaired) electrons. The SMILES string of the molecule is CC(=O)OCC1(C)C2C=C[C@@]3(C)Oc4cc(-c5cccnc5)oc(=O)c4[C@H](O)C3[C@@]2(C)CC[C@@H]1OC(C)=O. The number of aliphatic hydroxyl groups excluding tert-OH is 1. The summed E-state index contributed by atoms with van der Waals surface area (Å²) >= 11 is 0. The fraction of sp³-hybridized carbons (Fsp3) is 0.517. The smallest absolute Gasteiger partial charge is 0.345 e. The zero-order valence-corrected chi connectivity index (χ0v) is 22.2. The van der Waals surface area contributed by atoms with Gasteiger partial charge in [-0.15, -0.1) is 0 Å². The highest BCUT2D eigenvalue weighted by Crippen LogP contribution is 2.65. The van der Waals surface area contributed by atoms with Crippen molar-refractivity contribution in [2.45, 2.75) is 65.3 Å². The van der Waals surface area contributed by atoms with Crippen LogP contribution in [0.1, 0.15) is 59.1 Å². The molecule has 9 heteroatoms. The van der Waals surface area contributed by atoms with Gasteiger partial charge in [-0.1, -0.05) is 19.9 Å². The molecule has 1 N–H and O–H groups in total. The number of hydrogen-bond acceptors (Lipinski definition) is 9. The third-order valence-corrected chi connectivity index (χ3v) is 8.78. The lowest BCUT2D eigenvalue weighted by Crippen LogP contribution is -2.64. The minimum Gasteiger partial charge on any atom is -0.482 e. The van der Waals surface area contributed by atoms with E-state index in [9.17, 15) is 19.5 Å². The molecule has 1 aliphatic heterocycles. The Kier molecular flexibility index (Phi) is 6.25. The summed E-state index contributed by atoms with van der Waals surface area (Å²) in [5, 5.41) is 11.8. The van der Waals surface area contributed by atoms with Crippen LogP contribution < -0.4 is 10.4 Å². The average molecular weight is 524 g/mol. The van der Waals surface area contributed by atoms with E-state index in [1.54, 1.807) is 30.6 Å². The molecule has 0 amide bonds. The van der Waals surface area contributed by atoms with Crippen molar-refractivity contribution < 1.29 is 33.3 Å². The number of carbonyl (C=O) groups excluding carboxylic acids is 2. The van der Waals surface area contributed by atoms with E-state index in [4.69, 9.17) is 18.6 Å². The number of carbonyl (C=O) groups is 2. The number of aromatic nitrogens is 1. The Bertz CT molecular complexity index is 1350. The van der Waals surface area contributed by atoms with Gasteiger partial charge in [0.1, 0.15) is 35.4 Å². The van der Waals surface area contributed by atoms with Gasteiger partial charge in [0, 0.05) is 49.2 Å². The highest BCUT2D eigenvalue weighted by molar-refractivity contribution is 5.67. The summed E-state index contributed by atoms with van der Waals surface area (Å²) in [6.07, 6.45) is 6.57. The number of hydrogen-bond donors (Lipinski definition) is 1. The Morgan fingerprint density at radius 2 is 1.97 bits per heavy atom. The van der Waals surface area contributed by atoms with Gasteiger partial charge in [0.2, 0.25) is 0 Å². The van der Waals surface area contributed by atoms with Crippen LogP contribution in [0.4, 0.5) is 0 Å². The second kappa shape index (κ2) is 9.08. The van der Waals surface area contributed by atoms with Gasteiger partial charge < -0.3 is 23.7 Å². The van der Waals surface area contributed by atoms with Crippen LogP contribution in [0.5, 0.6) is 5.75 Å². The highest BCUT2D eigenvalue weighted by atomic mass is 16.6. The van der Waals surface area contributed by atoms with E-state index < -0.39 is 52.1 Å². The Labute approximate surface area is 220 Å². The lowest BCUT2D eigenvalue weighted by atomic mass is 9.45. The normalized spacial score (nSPS) is 35.2. The van der Waals surface area contributed by atoms with Gasteiger partial charge in [0.15, 0.2) is 0 Å². The van der Waals surface area contributed by atoms with Gasteiger partial charge in [-0.05, 0) is 49.3 Å². The number of allylic oxidation sites excluding steroid dienone is 1. The Balaban J connectivity index is 1.59. The largest absolute Gasteiger partial charge is 0.482 e. The van der Waals surface area contributed by atoms with Crippen molar-refractivity contribution in [3.05, 3.63) is 58.7 Å². The maximum Gasteiger partial charge on any atom is 0.345 e. The third-order valence-electron chi connectivity index (χ3n) is 8.78. The fourth-order valence-corrected chi connectivity index (χ4v) is 7.21. The van der Waals surface area contributed by atoms with Crippen LogP contribution in [0, 0.1) is 22.7 Å². The van der Waals surface area contributed by atoms with Crippen LogP contribution in [0.15, 0.2) is 52.0 Å². The van der Waals surface area contributed by atoms with E-state index in [0.717, 1.165) is 0 Å². The molecule has 5 rings (SSSR count). The summed E-state index contributed by atoms with van der Waals surface area (Å²) in [5.74, 6) is -1.05. The van der Waals surface area contributed by atoms with Crippen molar-refractivity contribution >= 4 is 11.9 Å². The van der Waals surface area contributed by atoms with Gasteiger partial charge in [-0.3, -0.25) is 14.6 Å². The maximum atomic E-state index is 13.2. The fourth-order valence-electron chi connectivity index (χ4n) is 7.21. The number of rotatable bonds is 4. The first-order valence-corrected chi connectivity index (χ1v) is 12.8. The molecule has 1 saturated carbocycles. The minimum atomic E-state index is -1.18. The van der Waals surface area contributed by atoms with Crippen molar-refractivity contribution in [1.29, 1.82) is 0 Å². The second-order valence-corrected chi connectivity index (χ2v) is 11.4. The quantitative estimate of drug-likeness (QED) is 0.468. The summed E-state index contributed by atoms with van der Waals surface area (Å²) in [7, 11) is 0. The van der Waals surface area contributed by atoms with E-state index in [-0.39, 0.29) is 23.8 Å². The first-order chi connectivity index (χ1) is 17.9. The van der Waals surface area contributed by atoms with E-state index in [0.29, 0.717) is 24.2 Å². The van der Waals surface area contributed by atoms with Gasteiger partial charge in [0.05, 0.1) is 6.10 Å². The molecule has 9 nitrogen and oxygen atoms in total. The number of nitrogens with zero attached hydrogens (tertiary/aromatic N) is 1. The Morgan fingerprint density at radius 1 is 1.21 bits per heavy atom. The molecule has 1 fully saturated rings. The third kappa shape index (κ3) is 4.04. The van der Waals surface area contributed by atoms with Crippen LogP contribution >= 0.6 is 0 Å². The lowest BCUT2D eigenvalue weighted by Gasteiger charge is -2.62. The number of aliphatic hydroxyl groups is 1. The molecule has 2 aromatic heterocycles. The van der Waals surface area contributed by atoms with E-state index in [2.05, 4.69) is 11.9 Å². The summed E-state index contributed by atoms with van der Waals surface area (Å²) < 4.78 is 23.3. The molecule has 0 saturated heterocycles. The first kappa shape index (κ1) is 26.2. The van der Waals surface area contributed by atoms with Crippen LogP contribution in [0.3, 0.4) is 0 Å². The average Bonchev–Trinajstić information content (AvgIpc) is 2.84. The van der Waals surface area contributed by atoms with Gasteiger partial charge in [-0.25, -0.2) is 4.79 Å². The Hall–Kier alpha value is -3.46. The van der Waals surface area contributed by atoms with Crippen LogP contribution in [0.2, 0.25) is 0 Å². The molecule has 38 heavy (non-hydrogen) atoms. The first-order valence-electron chi connectivity index (χ1n) is 12.8. The molecule has 3 heterocycles. The summed E-state index contributed by atoms with van der Waals surface area (Å²) in [4.78, 5) is 41.1. The molecular weight excluding hydrogens is 490 g/mol. The van der Waals surface area contributed by atoms with E-state index in [1.807, 2.05) is 26.0 Å². The molecule has 2 aliphatic carbocycles. The molecule has 0 spiro atoms. The van der Waals surface area contributed by atoms with Crippen molar-refractivity contribution in [2.75, 3.05) is 6.61 Å². The minimum absolute atomic E-state index is 0.0401. The summed E-state index contributed by atoms with van der Waals surface area (Å²) in [6.45, 7) is 8.65. The van der Waals surface area contributed by atoms with Crippen molar-refractivity contribution in [3.8, 4) is 17.1 Å².